The molecule has 0 bridgehead atoms. The minimum Gasteiger partial charge on any atom is -0.322 e. The van der Waals surface area contributed by atoms with E-state index >= 15 is 0 Å². The molecule has 0 unspecified atom stereocenters. The lowest BCUT2D eigenvalue weighted by Crippen LogP contribution is -2.45. The maximum Gasteiger partial charge on any atom is 0.330 e. The van der Waals surface area contributed by atoms with Gasteiger partial charge in [-0.05, 0) is 94.4 Å². The van der Waals surface area contributed by atoms with Crippen LogP contribution in [-0.4, -0.2) is 33.4 Å². The van der Waals surface area contributed by atoms with Crippen LogP contribution in [0.25, 0.3) is 0 Å². The number of urea groups is 1. The van der Waals surface area contributed by atoms with Crippen molar-refractivity contribution in [2.45, 2.75) is 71.8 Å². The first kappa shape index (κ1) is 23.5. The Bertz CT molecular complexity index is 1140. The summed E-state index contributed by atoms with van der Waals surface area (Å²) in [5.74, 6) is 1.77. The molecule has 7 nitrogen and oxygen atoms in total. The molecule has 2 fully saturated rings. The highest BCUT2D eigenvalue weighted by atomic mass is 16.2. The standard InChI is InChI=1S/C28H35N5O2.H2/c1-3-32-19-22-18-29-20(2)30-26(22)33(27(32)35)24-9-5-8-23(17-24)31-25(34)10-4-7-21-11-15-28(16-12-21)13-6-14-28;/h4-5,8-10,17-18,21H,3,6-7,11-16,19H2,1-2H3,(H,31,34);1H/b10-4+;. The first-order valence-corrected chi connectivity index (χ1v) is 13.0. The van der Waals surface area contributed by atoms with Crippen LogP contribution in [0.1, 0.15) is 71.1 Å². The van der Waals surface area contributed by atoms with E-state index in [-0.39, 0.29) is 13.4 Å². The van der Waals surface area contributed by atoms with E-state index in [1.165, 1.54) is 44.9 Å². The lowest BCUT2D eigenvalue weighted by atomic mass is 9.59. The first-order valence-electron chi connectivity index (χ1n) is 13.0. The van der Waals surface area contributed by atoms with Crippen LogP contribution in [0.3, 0.4) is 0 Å². The molecular formula is C28H37N5O2. The monoisotopic (exact) mass is 475 g/mol. The van der Waals surface area contributed by atoms with Crippen molar-refractivity contribution in [2.24, 2.45) is 11.3 Å². The minimum atomic E-state index is -0.146. The normalized spacial score (nSPS) is 19.7. The first-order chi connectivity index (χ1) is 17.0. The van der Waals surface area contributed by atoms with Gasteiger partial charge in [0, 0.05) is 25.4 Å². The number of benzene rings is 1. The van der Waals surface area contributed by atoms with Crippen LogP contribution >= 0.6 is 0 Å². The largest absolute Gasteiger partial charge is 0.330 e. The summed E-state index contributed by atoms with van der Waals surface area (Å²) in [6.07, 6.45) is 16.0. The van der Waals surface area contributed by atoms with E-state index in [4.69, 9.17) is 0 Å². The van der Waals surface area contributed by atoms with Gasteiger partial charge in [-0.3, -0.25) is 4.79 Å². The SMILES string of the molecule is CCN1Cc2cnc(C)nc2N(c2cccc(NC(=O)/C=C/CC3CCC4(CCC4)CC3)c2)C1=O.[HH]. The Hall–Kier alpha value is -3.22. The van der Waals surface area contributed by atoms with Gasteiger partial charge in [-0.25, -0.2) is 19.7 Å². The van der Waals surface area contributed by atoms with Crippen LogP contribution in [0.4, 0.5) is 22.0 Å². The molecule has 0 radical (unpaired) electrons. The smallest absolute Gasteiger partial charge is 0.322 e. The fraction of sp³-hybridized carbons (Fsp3) is 0.500. The molecular weight excluding hydrogens is 438 g/mol. The summed E-state index contributed by atoms with van der Waals surface area (Å²) in [7, 11) is 0. The molecule has 3 amide bonds. The van der Waals surface area contributed by atoms with Crippen molar-refractivity contribution in [1.82, 2.24) is 14.9 Å². The zero-order valence-electron chi connectivity index (χ0n) is 20.8. The molecule has 2 heterocycles. The summed E-state index contributed by atoms with van der Waals surface area (Å²) in [5.41, 5.74) is 2.90. The third-order valence-corrected chi connectivity index (χ3v) is 8.07. The van der Waals surface area contributed by atoms with E-state index < -0.39 is 0 Å². The quantitative estimate of drug-likeness (QED) is 0.492. The van der Waals surface area contributed by atoms with Crippen LogP contribution in [0.15, 0.2) is 42.6 Å². The van der Waals surface area contributed by atoms with Crippen molar-refractivity contribution in [2.75, 3.05) is 16.8 Å². The highest BCUT2D eigenvalue weighted by molar-refractivity contribution is 6.03. The van der Waals surface area contributed by atoms with E-state index in [2.05, 4.69) is 15.3 Å². The Labute approximate surface area is 209 Å². The van der Waals surface area contributed by atoms with Gasteiger partial charge in [-0.15, -0.1) is 0 Å². The molecule has 0 atom stereocenters. The number of nitrogens with zero attached hydrogens (tertiary/aromatic N) is 4. The molecule has 1 aromatic heterocycles. The molecule has 1 aromatic carbocycles. The van der Waals surface area contributed by atoms with Crippen LogP contribution in [0.2, 0.25) is 0 Å². The summed E-state index contributed by atoms with van der Waals surface area (Å²) in [4.78, 5) is 38.0. The van der Waals surface area contributed by atoms with Gasteiger partial charge in [0.1, 0.15) is 11.6 Å². The molecule has 1 aliphatic heterocycles. The Kier molecular flexibility index (Phi) is 6.58. The van der Waals surface area contributed by atoms with Gasteiger partial charge in [0.05, 0.1) is 12.2 Å². The maximum absolute atomic E-state index is 13.2. The molecule has 1 spiro atoms. The predicted molar refractivity (Wildman–Crippen MR) is 140 cm³/mol. The van der Waals surface area contributed by atoms with Crippen molar-refractivity contribution >= 4 is 29.1 Å². The highest BCUT2D eigenvalue weighted by Crippen LogP contribution is 2.53. The number of hydrogen-bond acceptors (Lipinski definition) is 4. The summed E-state index contributed by atoms with van der Waals surface area (Å²) in [6, 6.07) is 7.24. The van der Waals surface area contributed by atoms with Crippen LogP contribution in [-0.2, 0) is 11.3 Å². The zero-order chi connectivity index (χ0) is 24.4. The second kappa shape index (κ2) is 9.80. The molecule has 2 aliphatic carbocycles. The maximum atomic E-state index is 13.2. The third kappa shape index (κ3) is 4.95. The van der Waals surface area contributed by atoms with Crippen molar-refractivity contribution in [3.8, 4) is 0 Å². The number of amides is 3. The Balaban J connectivity index is 0.00000304. The fourth-order valence-electron chi connectivity index (χ4n) is 5.75. The number of hydrogen-bond donors (Lipinski definition) is 1. The van der Waals surface area contributed by atoms with E-state index in [1.807, 2.05) is 44.2 Å². The molecule has 7 heteroatoms. The second-order valence-electron chi connectivity index (χ2n) is 10.4. The minimum absolute atomic E-state index is 0. The summed E-state index contributed by atoms with van der Waals surface area (Å²) in [5, 5.41) is 2.96. The number of carbonyl (C=O) groups excluding carboxylic acids is 2. The number of rotatable bonds is 6. The lowest BCUT2D eigenvalue weighted by Gasteiger charge is -2.47. The van der Waals surface area contributed by atoms with Gasteiger partial charge < -0.3 is 10.2 Å². The molecule has 2 saturated carbocycles. The predicted octanol–water partition coefficient (Wildman–Crippen LogP) is 6.37. The molecule has 186 valence electrons. The van der Waals surface area contributed by atoms with E-state index in [0.29, 0.717) is 47.4 Å². The van der Waals surface area contributed by atoms with Gasteiger partial charge in [0.2, 0.25) is 5.91 Å². The molecule has 0 saturated heterocycles. The van der Waals surface area contributed by atoms with Crippen molar-refractivity contribution in [1.29, 1.82) is 0 Å². The lowest BCUT2D eigenvalue weighted by molar-refractivity contribution is -0.111. The summed E-state index contributed by atoms with van der Waals surface area (Å²) < 4.78 is 0. The molecule has 2 aromatic rings. The average Bonchev–Trinajstić information content (AvgIpc) is 2.83. The number of aryl methyl sites for hydroxylation is 1. The van der Waals surface area contributed by atoms with Gasteiger partial charge >= 0.3 is 6.03 Å². The third-order valence-electron chi connectivity index (χ3n) is 8.07. The van der Waals surface area contributed by atoms with Gasteiger partial charge in [-0.1, -0.05) is 18.6 Å². The fourth-order valence-corrected chi connectivity index (χ4v) is 5.75. The van der Waals surface area contributed by atoms with Crippen LogP contribution in [0, 0.1) is 18.3 Å². The molecule has 5 rings (SSSR count). The number of carbonyl (C=O) groups is 2. The number of allylic oxidation sites excluding steroid dienone is 1. The number of aromatic nitrogens is 2. The number of anilines is 3. The molecule has 35 heavy (non-hydrogen) atoms. The summed E-state index contributed by atoms with van der Waals surface area (Å²) >= 11 is 0. The Morgan fingerprint density at radius 2 is 2.06 bits per heavy atom. The van der Waals surface area contributed by atoms with Crippen molar-refractivity contribution < 1.29 is 11.0 Å². The molecule has 3 aliphatic rings. The van der Waals surface area contributed by atoms with Gasteiger partial charge in [0.25, 0.3) is 0 Å². The summed E-state index contributed by atoms with van der Waals surface area (Å²) in [6.45, 7) is 4.85. The van der Waals surface area contributed by atoms with Crippen LogP contribution in [0.5, 0.6) is 0 Å². The Morgan fingerprint density at radius 1 is 1.26 bits per heavy atom. The zero-order valence-corrected chi connectivity index (χ0v) is 20.8. The number of nitrogens with one attached hydrogen (secondary N) is 1. The average molecular weight is 476 g/mol. The number of fused-ring (bicyclic) bond motifs is 1. The van der Waals surface area contributed by atoms with Crippen molar-refractivity contribution in [3.05, 3.63) is 54.0 Å². The van der Waals surface area contributed by atoms with E-state index in [0.717, 1.165) is 12.0 Å². The van der Waals surface area contributed by atoms with Crippen molar-refractivity contribution in [3.63, 3.8) is 0 Å². The molecule has 1 N–H and O–H groups in total. The second-order valence-corrected chi connectivity index (χ2v) is 10.4. The van der Waals surface area contributed by atoms with Crippen LogP contribution < -0.4 is 10.2 Å². The van der Waals surface area contributed by atoms with Gasteiger partial charge in [-0.2, -0.15) is 0 Å². The van der Waals surface area contributed by atoms with Gasteiger partial charge in [0.15, 0.2) is 0 Å². The van der Waals surface area contributed by atoms with E-state index in [1.54, 1.807) is 22.1 Å². The van der Waals surface area contributed by atoms with E-state index in [9.17, 15) is 9.59 Å². The highest BCUT2D eigenvalue weighted by Gasteiger charge is 2.39. The topological polar surface area (TPSA) is 78.4 Å². The Morgan fingerprint density at radius 3 is 2.77 bits per heavy atom.